The Balaban J connectivity index is 1.46. The summed E-state index contributed by atoms with van der Waals surface area (Å²) in [6.07, 6.45) is 8.04. The van der Waals surface area contributed by atoms with E-state index in [0.717, 1.165) is 50.0 Å². The van der Waals surface area contributed by atoms with Gasteiger partial charge in [0, 0.05) is 18.5 Å². The Morgan fingerprint density at radius 2 is 1.67 bits per heavy atom. The van der Waals surface area contributed by atoms with E-state index in [-0.39, 0.29) is 28.6 Å². The molecule has 2 unspecified atom stereocenters. The zero-order chi connectivity index (χ0) is 19.4. The largest absolute Gasteiger partial charge is 0.344 e. The van der Waals surface area contributed by atoms with Crippen LogP contribution in [0.25, 0.3) is 0 Å². The summed E-state index contributed by atoms with van der Waals surface area (Å²) in [4.78, 5) is 28.6. The highest BCUT2D eigenvalue weighted by molar-refractivity contribution is 5.90. The summed E-state index contributed by atoms with van der Waals surface area (Å²) in [6.45, 7) is 8.30. The molecule has 152 valence electrons. The van der Waals surface area contributed by atoms with Crippen LogP contribution in [0.15, 0.2) is 0 Å². The van der Waals surface area contributed by atoms with Crippen molar-refractivity contribution in [1.82, 2.24) is 10.2 Å². The van der Waals surface area contributed by atoms with Gasteiger partial charge in [0.15, 0.2) is 0 Å². The van der Waals surface area contributed by atoms with Gasteiger partial charge in [0.25, 0.3) is 0 Å². The lowest BCUT2D eigenvalue weighted by Gasteiger charge is -2.56. The van der Waals surface area contributed by atoms with Crippen molar-refractivity contribution in [2.75, 3.05) is 19.6 Å². The number of hydrogen-bond acceptors (Lipinski definition) is 3. The Labute approximate surface area is 163 Å². The molecule has 4 aliphatic carbocycles. The molecule has 27 heavy (non-hydrogen) atoms. The van der Waals surface area contributed by atoms with E-state index < -0.39 is 6.04 Å². The molecule has 5 aliphatic rings. The highest BCUT2D eigenvalue weighted by atomic mass is 16.2. The lowest BCUT2D eigenvalue weighted by atomic mass is 9.49. The minimum atomic E-state index is -0.411. The maximum absolute atomic E-state index is 13.4. The molecule has 5 heteroatoms. The molecule has 1 heterocycles. The zero-order valence-corrected chi connectivity index (χ0v) is 17.3. The molecule has 4 saturated carbocycles. The fourth-order valence-corrected chi connectivity index (χ4v) is 6.77. The third-order valence-corrected chi connectivity index (χ3v) is 8.10. The smallest absolute Gasteiger partial charge is 0.245 e. The van der Waals surface area contributed by atoms with Gasteiger partial charge in [-0.15, -0.1) is 0 Å². The first-order chi connectivity index (χ1) is 12.7. The molecule has 0 spiro atoms. The van der Waals surface area contributed by atoms with Crippen LogP contribution in [-0.2, 0) is 9.59 Å². The molecule has 0 aromatic carbocycles. The number of amides is 2. The van der Waals surface area contributed by atoms with Crippen molar-refractivity contribution in [3.05, 3.63) is 0 Å². The topological polar surface area (TPSA) is 75.4 Å². The molecule has 1 saturated heterocycles. The Kier molecular flexibility index (Phi) is 4.81. The number of nitrogens with zero attached hydrogens (tertiary/aromatic N) is 1. The van der Waals surface area contributed by atoms with Crippen LogP contribution >= 0.6 is 0 Å². The predicted molar refractivity (Wildman–Crippen MR) is 106 cm³/mol. The van der Waals surface area contributed by atoms with Crippen molar-refractivity contribution < 1.29 is 9.59 Å². The first-order valence-electron chi connectivity index (χ1n) is 11.0. The van der Waals surface area contributed by atoms with E-state index in [1.165, 1.54) is 19.3 Å². The van der Waals surface area contributed by atoms with Gasteiger partial charge in [0.2, 0.25) is 11.8 Å². The van der Waals surface area contributed by atoms with Gasteiger partial charge in [-0.3, -0.25) is 9.59 Å². The van der Waals surface area contributed by atoms with Crippen molar-refractivity contribution >= 4 is 11.8 Å². The van der Waals surface area contributed by atoms with E-state index in [2.05, 4.69) is 12.2 Å². The molecule has 5 rings (SSSR count). The molecular formula is C22H37N3O2. The van der Waals surface area contributed by atoms with Crippen molar-refractivity contribution in [1.29, 1.82) is 0 Å². The summed E-state index contributed by atoms with van der Waals surface area (Å²) in [5.74, 6) is 2.55. The van der Waals surface area contributed by atoms with E-state index in [4.69, 9.17) is 5.73 Å². The van der Waals surface area contributed by atoms with E-state index in [9.17, 15) is 9.59 Å². The third kappa shape index (κ3) is 3.41. The molecule has 1 aliphatic heterocycles. The predicted octanol–water partition coefficient (Wildman–Crippen LogP) is 2.54. The van der Waals surface area contributed by atoms with Crippen LogP contribution in [0.2, 0.25) is 0 Å². The minimum Gasteiger partial charge on any atom is -0.344 e. The molecule has 0 radical (unpaired) electrons. The lowest BCUT2D eigenvalue weighted by Crippen LogP contribution is -2.58. The van der Waals surface area contributed by atoms with Gasteiger partial charge in [-0.25, -0.2) is 0 Å². The zero-order valence-electron chi connectivity index (χ0n) is 17.3. The SMILES string of the molecule is CC(C)C(NC(=O)C12CC3CC(CC(C3)C1)C2)C(=O)N1CCC(C)(CN)C1. The normalized spacial score (nSPS) is 41.2. The van der Waals surface area contributed by atoms with Gasteiger partial charge in [-0.05, 0) is 80.6 Å². The minimum absolute atomic E-state index is 0.0150. The second-order valence-electron chi connectivity index (χ2n) is 10.9. The highest BCUT2D eigenvalue weighted by Gasteiger charge is 2.55. The summed E-state index contributed by atoms with van der Waals surface area (Å²) >= 11 is 0. The number of rotatable bonds is 5. The van der Waals surface area contributed by atoms with Crippen LogP contribution in [0.5, 0.6) is 0 Å². The van der Waals surface area contributed by atoms with Crippen molar-refractivity contribution in [2.24, 2.45) is 40.2 Å². The standard InChI is InChI=1S/C22H37N3O2/c1-14(2)18(19(26)25-5-4-21(3,12-23)13-25)24-20(27)22-9-15-6-16(10-22)8-17(7-15)11-22/h14-18H,4-13,23H2,1-3H3,(H,24,27). The van der Waals surface area contributed by atoms with Crippen molar-refractivity contribution in [2.45, 2.75) is 71.8 Å². The van der Waals surface area contributed by atoms with E-state index in [1.807, 2.05) is 18.7 Å². The molecule has 5 fully saturated rings. The summed E-state index contributed by atoms with van der Waals surface area (Å²) in [5, 5.41) is 3.23. The molecule has 0 aromatic heterocycles. The average Bonchev–Trinajstić information content (AvgIpc) is 3.00. The highest BCUT2D eigenvalue weighted by Crippen LogP contribution is 2.60. The van der Waals surface area contributed by atoms with Crippen LogP contribution in [0.3, 0.4) is 0 Å². The van der Waals surface area contributed by atoms with Gasteiger partial charge in [0.1, 0.15) is 6.04 Å². The van der Waals surface area contributed by atoms with Gasteiger partial charge >= 0.3 is 0 Å². The first kappa shape index (κ1) is 19.2. The Bertz CT molecular complexity index is 581. The molecular weight excluding hydrogens is 338 g/mol. The number of nitrogens with two attached hydrogens (primary N) is 1. The van der Waals surface area contributed by atoms with Gasteiger partial charge in [-0.2, -0.15) is 0 Å². The Hall–Kier alpha value is -1.10. The quantitative estimate of drug-likeness (QED) is 0.775. The fraction of sp³-hybridized carbons (Fsp3) is 0.909. The molecule has 0 aromatic rings. The van der Waals surface area contributed by atoms with Gasteiger partial charge in [-0.1, -0.05) is 20.8 Å². The molecule has 2 amide bonds. The average molecular weight is 376 g/mol. The Morgan fingerprint density at radius 3 is 2.11 bits per heavy atom. The monoisotopic (exact) mass is 375 g/mol. The van der Waals surface area contributed by atoms with E-state index >= 15 is 0 Å². The second kappa shape index (κ2) is 6.75. The van der Waals surface area contributed by atoms with E-state index in [0.29, 0.717) is 13.1 Å². The van der Waals surface area contributed by atoms with Crippen LogP contribution in [0, 0.1) is 34.5 Å². The van der Waals surface area contributed by atoms with Crippen LogP contribution in [-0.4, -0.2) is 42.4 Å². The maximum atomic E-state index is 13.4. The number of carbonyl (C=O) groups is 2. The molecule has 4 bridgehead atoms. The van der Waals surface area contributed by atoms with Gasteiger partial charge < -0.3 is 16.0 Å². The van der Waals surface area contributed by atoms with E-state index in [1.54, 1.807) is 0 Å². The summed E-state index contributed by atoms with van der Waals surface area (Å²) < 4.78 is 0. The maximum Gasteiger partial charge on any atom is 0.245 e. The third-order valence-electron chi connectivity index (χ3n) is 8.10. The molecule has 3 N–H and O–H groups in total. The number of nitrogens with one attached hydrogen (secondary N) is 1. The van der Waals surface area contributed by atoms with Gasteiger partial charge in [0.05, 0.1) is 0 Å². The van der Waals surface area contributed by atoms with Crippen molar-refractivity contribution in [3.8, 4) is 0 Å². The number of hydrogen-bond donors (Lipinski definition) is 2. The fourth-order valence-electron chi connectivity index (χ4n) is 6.77. The number of carbonyl (C=O) groups excluding carboxylic acids is 2. The first-order valence-corrected chi connectivity index (χ1v) is 11.0. The Morgan fingerprint density at radius 1 is 1.11 bits per heavy atom. The summed E-state index contributed by atoms with van der Waals surface area (Å²) in [7, 11) is 0. The van der Waals surface area contributed by atoms with Crippen LogP contribution < -0.4 is 11.1 Å². The summed E-state index contributed by atoms with van der Waals surface area (Å²) in [5.41, 5.74) is 5.73. The molecule has 2 atom stereocenters. The number of likely N-dealkylation sites (tertiary alicyclic amines) is 1. The van der Waals surface area contributed by atoms with Crippen LogP contribution in [0.4, 0.5) is 0 Å². The summed E-state index contributed by atoms with van der Waals surface area (Å²) in [6, 6.07) is -0.411. The second-order valence-corrected chi connectivity index (χ2v) is 10.9. The lowest BCUT2D eigenvalue weighted by molar-refractivity contribution is -0.150. The van der Waals surface area contributed by atoms with Crippen LogP contribution in [0.1, 0.15) is 65.7 Å². The van der Waals surface area contributed by atoms with Crippen molar-refractivity contribution in [3.63, 3.8) is 0 Å². The molecule has 5 nitrogen and oxygen atoms in total.